The maximum absolute atomic E-state index is 12.9. The lowest BCUT2D eigenvalue weighted by atomic mass is 10.0. The minimum absolute atomic E-state index is 0.0986. The number of allylic oxidation sites excluding steroid dienone is 16. The van der Waals surface area contributed by atoms with Gasteiger partial charge < -0.3 is 14.2 Å². The fraction of sp³-hybridized carbons (Fsp3) is 0.708. The first kappa shape index (κ1) is 67.3. The summed E-state index contributed by atoms with van der Waals surface area (Å²) in [6.45, 7) is 6.47. The lowest BCUT2D eigenvalue weighted by Crippen LogP contribution is -2.30. The van der Waals surface area contributed by atoms with Crippen molar-refractivity contribution in [1.82, 2.24) is 0 Å². The van der Waals surface area contributed by atoms with Gasteiger partial charge in [-0.25, -0.2) is 0 Å². The summed E-state index contributed by atoms with van der Waals surface area (Å²) in [7, 11) is 0. The van der Waals surface area contributed by atoms with Gasteiger partial charge in [0.25, 0.3) is 0 Å². The van der Waals surface area contributed by atoms with Crippen LogP contribution in [0.4, 0.5) is 0 Å². The molecule has 0 saturated heterocycles. The van der Waals surface area contributed by atoms with Crippen LogP contribution in [-0.2, 0) is 28.6 Å². The Bertz CT molecular complexity index is 1410. The largest absolute Gasteiger partial charge is 0.462 e. The van der Waals surface area contributed by atoms with Crippen molar-refractivity contribution in [1.29, 1.82) is 0 Å². The molecule has 0 aliphatic carbocycles. The van der Waals surface area contributed by atoms with Gasteiger partial charge in [-0.2, -0.15) is 0 Å². The molecule has 0 aliphatic heterocycles. The number of hydrogen-bond acceptors (Lipinski definition) is 6. The minimum Gasteiger partial charge on any atom is -0.462 e. The highest BCUT2D eigenvalue weighted by atomic mass is 16.6. The first-order valence-electron chi connectivity index (χ1n) is 29.7. The van der Waals surface area contributed by atoms with Gasteiger partial charge in [-0.3, -0.25) is 14.4 Å². The van der Waals surface area contributed by atoms with Crippen LogP contribution in [-0.4, -0.2) is 37.2 Å². The number of ether oxygens (including phenoxy) is 3. The lowest BCUT2D eigenvalue weighted by molar-refractivity contribution is -0.167. The van der Waals surface area contributed by atoms with Gasteiger partial charge in [0.15, 0.2) is 6.10 Å². The average molecular weight is 988 g/mol. The van der Waals surface area contributed by atoms with E-state index in [9.17, 15) is 14.4 Å². The van der Waals surface area contributed by atoms with Crippen LogP contribution in [0.3, 0.4) is 0 Å². The van der Waals surface area contributed by atoms with E-state index in [1.165, 1.54) is 116 Å². The highest BCUT2D eigenvalue weighted by Gasteiger charge is 2.19. The molecule has 1 atom stereocenters. The molecule has 0 aromatic rings. The Morgan fingerprint density at radius 2 is 0.549 bits per heavy atom. The third-order valence-electron chi connectivity index (χ3n) is 12.6. The van der Waals surface area contributed by atoms with E-state index in [1.54, 1.807) is 0 Å². The molecule has 71 heavy (non-hydrogen) atoms. The SMILES string of the molecule is CC/C=C\C/C=C\C/C=C\C/C=C\C/C=C\CCCCCC(=O)OC[C@H](COC(=O)CCCCCC/C=C\C/C=C\C/C=C\CCCCC)OC(=O)CCCCCCCCCCCCCCCCCCC. The number of unbranched alkanes of at least 4 members (excludes halogenated alkanes) is 26. The molecule has 0 fully saturated rings. The molecule has 6 nitrogen and oxygen atoms in total. The zero-order chi connectivity index (χ0) is 51.4. The maximum Gasteiger partial charge on any atom is 0.306 e. The van der Waals surface area contributed by atoms with E-state index >= 15 is 0 Å². The van der Waals surface area contributed by atoms with E-state index in [2.05, 4.69) is 118 Å². The summed E-state index contributed by atoms with van der Waals surface area (Å²) in [5.74, 6) is -0.943. The molecule has 0 spiro atoms. The minimum atomic E-state index is -0.801. The van der Waals surface area contributed by atoms with Gasteiger partial charge in [-0.15, -0.1) is 0 Å². The van der Waals surface area contributed by atoms with Crippen LogP contribution < -0.4 is 0 Å². The van der Waals surface area contributed by atoms with Crippen LogP contribution in [0.15, 0.2) is 97.2 Å². The highest BCUT2D eigenvalue weighted by Crippen LogP contribution is 2.16. The molecule has 0 aromatic carbocycles. The lowest BCUT2D eigenvalue weighted by Gasteiger charge is -2.18. The quantitative estimate of drug-likeness (QED) is 0.0261. The second kappa shape index (κ2) is 58.9. The zero-order valence-electron chi connectivity index (χ0n) is 46.5. The van der Waals surface area contributed by atoms with Crippen molar-refractivity contribution >= 4 is 17.9 Å². The second-order valence-corrected chi connectivity index (χ2v) is 19.5. The van der Waals surface area contributed by atoms with Crippen molar-refractivity contribution < 1.29 is 28.6 Å². The molecule has 0 N–H and O–H groups in total. The van der Waals surface area contributed by atoms with Crippen molar-refractivity contribution in [3.05, 3.63) is 97.2 Å². The Labute approximate surface area is 438 Å². The molecule has 0 aliphatic rings. The summed E-state index contributed by atoms with van der Waals surface area (Å²) in [4.78, 5) is 38.2. The molecule has 0 bridgehead atoms. The molecule has 0 amide bonds. The van der Waals surface area contributed by atoms with Gasteiger partial charge in [-0.1, -0.05) is 253 Å². The van der Waals surface area contributed by atoms with Gasteiger partial charge in [0.2, 0.25) is 0 Å². The number of hydrogen-bond donors (Lipinski definition) is 0. The Kier molecular flexibility index (Phi) is 55.9. The smallest absolute Gasteiger partial charge is 0.306 e. The van der Waals surface area contributed by atoms with Crippen molar-refractivity contribution in [2.45, 2.75) is 284 Å². The van der Waals surface area contributed by atoms with Crippen molar-refractivity contribution in [3.63, 3.8) is 0 Å². The van der Waals surface area contributed by atoms with Crippen LogP contribution in [0.1, 0.15) is 278 Å². The Morgan fingerprint density at radius 1 is 0.296 bits per heavy atom. The molecular weight excluding hydrogens is 877 g/mol. The number of esters is 3. The average Bonchev–Trinajstić information content (AvgIpc) is 3.37. The van der Waals surface area contributed by atoms with E-state index in [-0.39, 0.29) is 31.1 Å². The molecule has 0 aromatic heterocycles. The third kappa shape index (κ3) is 57.1. The molecule has 0 rings (SSSR count). The normalized spacial score (nSPS) is 12.8. The van der Waals surface area contributed by atoms with Crippen molar-refractivity contribution in [3.8, 4) is 0 Å². The number of rotatable bonds is 53. The predicted octanol–water partition coefficient (Wildman–Crippen LogP) is 20.1. The van der Waals surface area contributed by atoms with Crippen LogP contribution in [0.25, 0.3) is 0 Å². The second-order valence-electron chi connectivity index (χ2n) is 19.5. The summed E-state index contributed by atoms with van der Waals surface area (Å²) in [6.07, 6.45) is 78.2. The summed E-state index contributed by atoms with van der Waals surface area (Å²) < 4.78 is 16.9. The summed E-state index contributed by atoms with van der Waals surface area (Å²) >= 11 is 0. The van der Waals surface area contributed by atoms with Gasteiger partial charge in [0, 0.05) is 19.3 Å². The molecule has 0 saturated carbocycles. The Balaban J connectivity index is 4.48. The van der Waals surface area contributed by atoms with E-state index in [0.29, 0.717) is 19.3 Å². The highest BCUT2D eigenvalue weighted by molar-refractivity contribution is 5.71. The van der Waals surface area contributed by atoms with Gasteiger partial charge in [0.1, 0.15) is 13.2 Å². The topological polar surface area (TPSA) is 78.9 Å². The van der Waals surface area contributed by atoms with E-state index < -0.39 is 6.10 Å². The van der Waals surface area contributed by atoms with Gasteiger partial charge in [-0.05, 0) is 103 Å². The fourth-order valence-electron chi connectivity index (χ4n) is 8.12. The van der Waals surface area contributed by atoms with E-state index in [1.807, 2.05) is 0 Å². The molecule has 0 radical (unpaired) electrons. The monoisotopic (exact) mass is 987 g/mol. The maximum atomic E-state index is 12.9. The van der Waals surface area contributed by atoms with Crippen LogP contribution in [0, 0.1) is 0 Å². The van der Waals surface area contributed by atoms with Gasteiger partial charge in [0.05, 0.1) is 0 Å². The van der Waals surface area contributed by atoms with Crippen LogP contribution in [0.5, 0.6) is 0 Å². The molecule has 0 heterocycles. The van der Waals surface area contributed by atoms with Crippen LogP contribution in [0.2, 0.25) is 0 Å². The molecule has 406 valence electrons. The summed E-state index contributed by atoms with van der Waals surface area (Å²) in [5, 5.41) is 0. The molecular formula is C65H110O6. The molecule has 6 heteroatoms. The first-order valence-corrected chi connectivity index (χ1v) is 29.7. The van der Waals surface area contributed by atoms with Gasteiger partial charge >= 0.3 is 17.9 Å². The number of carbonyl (C=O) groups excluding carboxylic acids is 3. The standard InChI is InChI=1S/C65H110O6/c1-4-7-10-13-16-19-22-25-28-31-32-35-37-40-43-46-49-52-55-58-64(67)70-61-62(71-65(68)59-56-53-50-47-44-41-38-34-30-27-24-21-18-15-12-9-6-3)60-69-63(66)57-54-51-48-45-42-39-36-33-29-26-23-20-17-14-11-8-5-2/h7,10,16-17,19-20,25-26,28-29,32,35-36,39-40,43,62H,4-6,8-9,11-15,18,21-24,27,30-31,33-34,37-38,41-42,44-61H2,1-3H3/b10-7-,19-16-,20-17-,28-25-,29-26-,35-32-,39-36-,43-40-/t62-/m0/s1. The third-order valence-corrected chi connectivity index (χ3v) is 12.6. The van der Waals surface area contributed by atoms with E-state index in [0.717, 1.165) is 122 Å². The van der Waals surface area contributed by atoms with Crippen molar-refractivity contribution in [2.75, 3.05) is 13.2 Å². The predicted molar refractivity (Wildman–Crippen MR) is 307 cm³/mol. The summed E-state index contributed by atoms with van der Waals surface area (Å²) in [6, 6.07) is 0. The van der Waals surface area contributed by atoms with E-state index in [4.69, 9.17) is 14.2 Å². The molecule has 0 unspecified atom stereocenters. The zero-order valence-corrected chi connectivity index (χ0v) is 46.5. The Morgan fingerprint density at radius 3 is 0.901 bits per heavy atom. The fourth-order valence-corrected chi connectivity index (χ4v) is 8.12. The van der Waals surface area contributed by atoms with Crippen LogP contribution >= 0.6 is 0 Å². The van der Waals surface area contributed by atoms with Crippen molar-refractivity contribution in [2.24, 2.45) is 0 Å². The summed E-state index contributed by atoms with van der Waals surface area (Å²) in [5.41, 5.74) is 0. The first-order chi connectivity index (χ1) is 35.0. The number of carbonyl (C=O) groups is 3. The Hall–Kier alpha value is -3.67.